The van der Waals surface area contributed by atoms with E-state index in [1.807, 2.05) is 29.2 Å². The molecule has 0 spiro atoms. The van der Waals surface area contributed by atoms with Crippen LogP contribution in [0.25, 0.3) is 10.9 Å². The molecule has 7 heteroatoms. The number of hydrogen-bond donors (Lipinski definition) is 2. The molecule has 1 aliphatic rings. The maximum Gasteiger partial charge on any atom is 0.275 e. The second-order valence-electron chi connectivity index (χ2n) is 6.51. The molecule has 1 saturated heterocycles. The molecule has 4 rings (SSSR count). The van der Waals surface area contributed by atoms with Crippen molar-refractivity contribution in [2.45, 2.75) is 38.6 Å². The number of carbonyl (C=O) groups excluding carboxylic acids is 1. The van der Waals surface area contributed by atoms with Gasteiger partial charge in [0.25, 0.3) is 5.91 Å². The number of nitrogens with one attached hydrogen (secondary N) is 2. The molecular formula is C17H20N6O. The highest BCUT2D eigenvalue weighted by Gasteiger charge is 2.34. The minimum atomic E-state index is -0.0621. The van der Waals surface area contributed by atoms with Gasteiger partial charge in [-0.2, -0.15) is 10.2 Å². The molecule has 124 valence electrons. The van der Waals surface area contributed by atoms with Crippen molar-refractivity contribution in [3.05, 3.63) is 41.6 Å². The fourth-order valence-corrected chi connectivity index (χ4v) is 3.25. The van der Waals surface area contributed by atoms with E-state index in [4.69, 9.17) is 0 Å². The second kappa shape index (κ2) is 5.74. The molecule has 1 unspecified atom stereocenters. The number of benzene rings is 1. The number of nitrogens with zero attached hydrogens (tertiary/aromatic N) is 4. The van der Waals surface area contributed by atoms with Gasteiger partial charge < -0.3 is 4.90 Å². The average molecular weight is 324 g/mol. The van der Waals surface area contributed by atoms with Gasteiger partial charge in [-0.05, 0) is 18.9 Å². The van der Waals surface area contributed by atoms with Crippen LogP contribution in [0.3, 0.4) is 0 Å². The molecule has 0 saturated carbocycles. The van der Waals surface area contributed by atoms with E-state index in [9.17, 15) is 4.79 Å². The average Bonchev–Trinajstić information content (AvgIpc) is 3.31. The number of rotatable bonds is 3. The number of likely N-dealkylation sites (tertiary alicyclic amines) is 1. The van der Waals surface area contributed by atoms with Crippen LogP contribution in [0, 0.1) is 0 Å². The number of fused-ring (bicyclic) bond motifs is 1. The van der Waals surface area contributed by atoms with Crippen LogP contribution < -0.4 is 0 Å². The molecule has 0 aliphatic carbocycles. The Hall–Kier alpha value is -2.70. The molecule has 7 nitrogen and oxygen atoms in total. The number of hydrogen-bond acceptors (Lipinski definition) is 4. The lowest BCUT2D eigenvalue weighted by Crippen LogP contribution is -2.31. The van der Waals surface area contributed by atoms with Gasteiger partial charge in [-0.25, -0.2) is 4.98 Å². The van der Waals surface area contributed by atoms with E-state index >= 15 is 0 Å². The number of carbonyl (C=O) groups is 1. The maximum absolute atomic E-state index is 13.0. The minimum Gasteiger partial charge on any atom is -0.327 e. The Labute approximate surface area is 139 Å². The van der Waals surface area contributed by atoms with Crippen LogP contribution in [0.4, 0.5) is 0 Å². The minimum absolute atomic E-state index is 0.0579. The lowest BCUT2D eigenvalue weighted by molar-refractivity contribution is 0.0726. The zero-order valence-corrected chi connectivity index (χ0v) is 13.8. The number of aromatic amines is 2. The monoisotopic (exact) mass is 324 g/mol. The Morgan fingerprint density at radius 2 is 2.08 bits per heavy atom. The van der Waals surface area contributed by atoms with Gasteiger partial charge in [0.15, 0.2) is 11.5 Å². The predicted octanol–water partition coefficient (Wildman–Crippen LogP) is 2.78. The van der Waals surface area contributed by atoms with Crippen LogP contribution in [0.2, 0.25) is 0 Å². The molecule has 1 aliphatic heterocycles. The summed E-state index contributed by atoms with van der Waals surface area (Å²) in [6.07, 6.45) is 1.84. The van der Waals surface area contributed by atoms with Crippen molar-refractivity contribution in [2.75, 3.05) is 6.54 Å². The van der Waals surface area contributed by atoms with Crippen LogP contribution in [-0.2, 0) is 0 Å². The highest BCUT2D eigenvalue weighted by atomic mass is 16.2. The largest absolute Gasteiger partial charge is 0.327 e. The van der Waals surface area contributed by atoms with E-state index < -0.39 is 0 Å². The Balaban J connectivity index is 1.65. The molecule has 3 aromatic rings. The van der Waals surface area contributed by atoms with Crippen LogP contribution in [-0.4, -0.2) is 42.7 Å². The molecule has 0 radical (unpaired) electrons. The van der Waals surface area contributed by atoms with Crippen LogP contribution >= 0.6 is 0 Å². The lowest BCUT2D eigenvalue weighted by Gasteiger charge is -2.22. The number of aromatic nitrogens is 5. The first-order chi connectivity index (χ1) is 11.6. The van der Waals surface area contributed by atoms with Crippen molar-refractivity contribution in [1.82, 2.24) is 30.3 Å². The standard InChI is InChI=1S/C17H20N6O/c1-10(2)15-18-16(22-21-15)13-8-5-9-23(13)17(24)14-11-6-3-4-7-12(11)19-20-14/h3-4,6-7,10,13H,5,8-9H2,1-2H3,(H,19,20)(H,18,21,22). The molecule has 2 aromatic heterocycles. The third-order valence-electron chi connectivity index (χ3n) is 4.54. The SMILES string of the molecule is CC(C)c1n[nH]c(C2CCCN2C(=O)c2n[nH]c3ccccc23)n1. The van der Waals surface area contributed by atoms with Crippen LogP contribution in [0.1, 0.15) is 60.8 Å². The fourth-order valence-electron chi connectivity index (χ4n) is 3.25. The first-order valence-electron chi connectivity index (χ1n) is 8.31. The van der Waals surface area contributed by atoms with E-state index in [1.165, 1.54) is 0 Å². The summed E-state index contributed by atoms with van der Waals surface area (Å²) in [7, 11) is 0. The van der Waals surface area contributed by atoms with Gasteiger partial charge in [-0.3, -0.25) is 15.0 Å². The maximum atomic E-state index is 13.0. The molecule has 2 N–H and O–H groups in total. The van der Waals surface area contributed by atoms with Crippen LogP contribution in [0.15, 0.2) is 24.3 Å². The first kappa shape index (κ1) is 14.9. The van der Waals surface area contributed by atoms with Crippen molar-refractivity contribution >= 4 is 16.8 Å². The molecular weight excluding hydrogens is 304 g/mol. The molecule has 3 heterocycles. The highest BCUT2D eigenvalue weighted by Crippen LogP contribution is 2.32. The van der Waals surface area contributed by atoms with Gasteiger partial charge in [0.05, 0.1) is 11.6 Å². The lowest BCUT2D eigenvalue weighted by atomic mass is 10.1. The predicted molar refractivity (Wildman–Crippen MR) is 89.6 cm³/mol. The zero-order chi connectivity index (χ0) is 16.7. The number of amides is 1. The second-order valence-corrected chi connectivity index (χ2v) is 6.51. The zero-order valence-electron chi connectivity index (χ0n) is 13.8. The Morgan fingerprint density at radius 1 is 1.25 bits per heavy atom. The van der Waals surface area contributed by atoms with Gasteiger partial charge >= 0.3 is 0 Å². The summed E-state index contributed by atoms with van der Waals surface area (Å²) in [5.41, 5.74) is 1.35. The molecule has 0 bridgehead atoms. The van der Waals surface area contributed by atoms with Crippen molar-refractivity contribution < 1.29 is 4.79 Å². The van der Waals surface area contributed by atoms with Crippen molar-refractivity contribution in [1.29, 1.82) is 0 Å². The molecule has 1 atom stereocenters. The summed E-state index contributed by atoms with van der Waals surface area (Å²) in [4.78, 5) is 19.5. The smallest absolute Gasteiger partial charge is 0.275 e. The summed E-state index contributed by atoms with van der Waals surface area (Å²) in [6, 6.07) is 7.62. The van der Waals surface area contributed by atoms with Crippen molar-refractivity contribution in [3.63, 3.8) is 0 Å². The van der Waals surface area contributed by atoms with E-state index in [1.54, 1.807) is 0 Å². The van der Waals surface area contributed by atoms with Gasteiger partial charge in [0, 0.05) is 17.8 Å². The quantitative estimate of drug-likeness (QED) is 0.775. The molecule has 24 heavy (non-hydrogen) atoms. The topological polar surface area (TPSA) is 90.6 Å². The number of para-hydroxylation sites is 1. The fraction of sp³-hybridized carbons (Fsp3) is 0.412. The third-order valence-corrected chi connectivity index (χ3v) is 4.54. The van der Waals surface area contributed by atoms with E-state index in [0.29, 0.717) is 12.2 Å². The summed E-state index contributed by atoms with van der Waals surface area (Å²) in [5, 5.41) is 15.3. The number of H-pyrrole nitrogens is 2. The molecule has 1 fully saturated rings. The van der Waals surface area contributed by atoms with Crippen molar-refractivity contribution in [3.8, 4) is 0 Å². The van der Waals surface area contributed by atoms with Gasteiger partial charge in [-0.1, -0.05) is 32.0 Å². The highest BCUT2D eigenvalue weighted by molar-refractivity contribution is 6.04. The third kappa shape index (κ3) is 2.36. The van der Waals surface area contributed by atoms with Crippen molar-refractivity contribution in [2.24, 2.45) is 0 Å². The summed E-state index contributed by atoms with van der Waals surface area (Å²) in [5.74, 6) is 1.76. The van der Waals surface area contributed by atoms with Gasteiger partial charge in [-0.15, -0.1) is 0 Å². The van der Waals surface area contributed by atoms with Crippen LogP contribution in [0.5, 0.6) is 0 Å². The van der Waals surface area contributed by atoms with E-state index in [-0.39, 0.29) is 17.9 Å². The first-order valence-corrected chi connectivity index (χ1v) is 8.31. The van der Waals surface area contributed by atoms with E-state index in [0.717, 1.165) is 35.4 Å². The Morgan fingerprint density at radius 3 is 2.88 bits per heavy atom. The molecule has 1 amide bonds. The summed E-state index contributed by atoms with van der Waals surface area (Å²) >= 11 is 0. The Kier molecular flexibility index (Phi) is 3.55. The normalized spacial score (nSPS) is 18.0. The van der Waals surface area contributed by atoms with Gasteiger partial charge in [0.1, 0.15) is 5.82 Å². The molecule has 1 aromatic carbocycles. The summed E-state index contributed by atoms with van der Waals surface area (Å²) in [6.45, 7) is 4.82. The van der Waals surface area contributed by atoms with E-state index in [2.05, 4.69) is 39.2 Å². The summed E-state index contributed by atoms with van der Waals surface area (Å²) < 4.78 is 0. The van der Waals surface area contributed by atoms with Gasteiger partial charge in [0.2, 0.25) is 0 Å². The Bertz CT molecular complexity index is 880.